The van der Waals surface area contributed by atoms with Crippen LogP contribution in [0.5, 0.6) is 5.75 Å². The molecule has 0 saturated carbocycles. The van der Waals surface area contributed by atoms with E-state index in [1.54, 1.807) is 14.0 Å². The third kappa shape index (κ3) is 5.18. The van der Waals surface area contributed by atoms with Gasteiger partial charge in [-0.3, -0.25) is 4.68 Å². The van der Waals surface area contributed by atoms with Gasteiger partial charge in [-0.15, -0.1) is 0 Å². The number of carbonyl (C=O) groups is 1. The number of oxazole rings is 1. The third-order valence-electron chi connectivity index (χ3n) is 6.53. The maximum atomic E-state index is 12.8. The number of methoxy groups -OCH3 is 1. The van der Waals surface area contributed by atoms with Crippen LogP contribution >= 0.6 is 0 Å². The lowest BCUT2D eigenvalue weighted by Crippen LogP contribution is -2.13. The highest BCUT2D eigenvalue weighted by atomic mass is 16.5. The average Bonchev–Trinajstić information content (AvgIpc) is 3.51. The summed E-state index contributed by atoms with van der Waals surface area (Å²) >= 11 is 0. The van der Waals surface area contributed by atoms with Gasteiger partial charge in [0.1, 0.15) is 11.1 Å². The Kier molecular flexibility index (Phi) is 7.63. The molecule has 2 aromatic carbocycles. The molecule has 206 valence electrons. The van der Waals surface area contributed by atoms with Gasteiger partial charge < -0.3 is 24.5 Å². The predicted molar refractivity (Wildman–Crippen MR) is 152 cm³/mol. The number of rotatable bonds is 10. The summed E-state index contributed by atoms with van der Waals surface area (Å²) in [5.74, 6) is 0.960. The number of fused-ring (bicyclic) bond motifs is 1. The number of carbonyl (C=O) groups excluding carboxylic acids is 1. The number of para-hydroxylation sites is 3. The van der Waals surface area contributed by atoms with Gasteiger partial charge in [0.2, 0.25) is 11.8 Å². The zero-order chi connectivity index (χ0) is 28.2. The lowest BCUT2D eigenvalue weighted by atomic mass is 10.1. The lowest BCUT2D eigenvalue weighted by molar-refractivity contribution is 0.0526. The molecule has 2 N–H and O–H groups in total. The highest BCUT2D eigenvalue weighted by Gasteiger charge is 2.21. The van der Waals surface area contributed by atoms with Crippen LogP contribution in [-0.2, 0) is 17.8 Å². The van der Waals surface area contributed by atoms with E-state index in [0.29, 0.717) is 41.0 Å². The highest BCUT2D eigenvalue weighted by Crippen LogP contribution is 2.38. The average molecular weight is 542 g/mol. The number of benzene rings is 2. The van der Waals surface area contributed by atoms with E-state index in [-0.39, 0.29) is 18.0 Å². The molecule has 40 heavy (non-hydrogen) atoms. The van der Waals surface area contributed by atoms with Crippen LogP contribution in [-0.4, -0.2) is 44.4 Å². The molecular weight excluding hydrogens is 510 g/mol. The number of aromatic nitrogens is 5. The van der Waals surface area contributed by atoms with Gasteiger partial charge in [0.25, 0.3) is 0 Å². The van der Waals surface area contributed by atoms with Crippen molar-refractivity contribution >= 4 is 34.5 Å². The molecule has 5 aromatic rings. The lowest BCUT2D eigenvalue weighted by Gasteiger charge is -2.16. The molecule has 0 amide bonds. The van der Waals surface area contributed by atoms with E-state index >= 15 is 0 Å². The quantitative estimate of drug-likeness (QED) is 0.214. The summed E-state index contributed by atoms with van der Waals surface area (Å²) in [4.78, 5) is 26.4. The van der Waals surface area contributed by atoms with Crippen LogP contribution in [0, 0.1) is 13.8 Å². The Hall–Kier alpha value is -4.93. The van der Waals surface area contributed by atoms with Crippen molar-refractivity contribution in [3.63, 3.8) is 0 Å². The Balaban J connectivity index is 1.49. The highest BCUT2D eigenvalue weighted by molar-refractivity contribution is 5.96. The number of esters is 1. The molecular formula is C29H31N7O4. The maximum Gasteiger partial charge on any atom is 0.343 e. The van der Waals surface area contributed by atoms with Gasteiger partial charge in [-0.1, -0.05) is 18.2 Å². The van der Waals surface area contributed by atoms with E-state index in [2.05, 4.69) is 37.6 Å². The van der Waals surface area contributed by atoms with Crippen molar-refractivity contribution < 1.29 is 18.7 Å². The molecule has 0 radical (unpaired) electrons. The Morgan fingerprint density at radius 2 is 1.90 bits per heavy atom. The second kappa shape index (κ2) is 11.4. The SMILES string of the molecule is CCOC(=O)c1cnc(NCc2c(C)nn(CC)c2C)nc1Nc1cccc(-c2nc3ccccc3o2)c1OC. The number of anilines is 3. The van der Waals surface area contributed by atoms with Crippen LogP contribution in [0.25, 0.3) is 22.6 Å². The molecule has 0 fully saturated rings. The van der Waals surface area contributed by atoms with Crippen molar-refractivity contribution in [3.8, 4) is 17.2 Å². The van der Waals surface area contributed by atoms with Crippen molar-refractivity contribution in [2.24, 2.45) is 0 Å². The first-order chi connectivity index (χ1) is 19.4. The summed E-state index contributed by atoms with van der Waals surface area (Å²) in [7, 11) is 1.56. The molecule has 0 aliphatic rings. The minimum atomic E-state index is -0.540. The molecule has 0 spiro atoms. The number of aryl methyl sites for hydroxylation is 2. The van der Waals surface area contributed by atoms with E-state index < -0.39 is 5.97 Å². The summed E-state index contributed by atoms with van der Waals surface area (Å²) in [5.41, 5.74) is 5.90. The standard InChI is InChI=1S/C29H31N7O4/c1-6-36-18(4)20(17(3)35-36)15-30-29-31-16-21(28(37)39-7-2)26(34-29)32-23-13-10-11-19(25(23)38-5)27-33-22-12-8-9-14-24(22)40-27/h8-14,16H,6-7,15H2,1-5H3,(H2,30,31,32,34). The molecule has 11 heteroatoms. The van der Waals surface area contributed by atoms with Gasteiger partial charge in [-0.2, -0.15) is 10.1 Å². The van der Waals surface area contributed by atoms with Gasteiger partial charge in [0.05, 0.1) is 30.7 Å². The Bertz CT molecular complexity index is 1640. The summed E-state index contributed by atoms with van der Waals surface area (Å²) in [6, 6.07) is 13.1. The maximum absolute atomic E-state index is 12.8. The summed E-state index contributed by atoms with van der Waals surface area (Å²) in [6.07, 6.45) is 1.45. The topological polar surface area (TPSA) is 129 Å². The first-order valence-electron chi connectivity index (χ1n) is 13.0. The van der Waals surface area contributed by atoms with Crippen molar-refractivity contribution in [3.05, 3.63) is 71.2 Å². The molecule has 0 saturated heterocycles. The predicted octanol–water partition coefficient (Wildman–Crippen LogP) is 5.66. The first-order valence-corrected chi connectivity index (χ1v) is 13.0. The van der Waals surface area contributed by atoms with Gasteiger partial charge in [-0.25, -0.2) is 14.8 Å². The van der Waals surface area contributed by atoms with Crippen LogP contribution in [0.4, 0.5) is 17.5 Å². The fraction of sp³-hybridized carbons (Fsp3) is 0.276. The van der Waals surface area contributed by atoms with Crippen LogP contribution in [0.2, 0.25) is 0 Å². The molecule has 0 unspecified atom stereocenters. The number of nitrogens with zero attached hydrogens (tertiary/aromatic N) is 5. The summed E-state index contributed by atoms with van der Waals surface area (Å²) in [5, 5.41) is 11.1. The Labute approximate surface area is 231 Å². The van der Waals surface area contributed by atoms with Crippen molar-refractivity contribution in [1.82, 2.24) is 24.7 Å². The monoisotopic (exact) mass is 541 g/mol. The summed E-state index contributed by atoms with van der Waals surface area (Å²) in [6.45, 7) is 9.30. The largest absolute Gasteiger partial charge is 0.494 e. The van der Waals surface area contributed by atoms with E-state index in [1.165, 1.54) is 6.20 Å². The molecule has 0 atom stereocenters. The minimum Gasteiger partial charge on any atom is -0.494 e. The van der Waals surface area contributed by atoms with Gasteiger partial charge in [0.15, 0.2) is 17.2 Å². The number of hydrogen-bond donors (Lipinski definition) is 2. The molecule has 11 nitrogen and oxygen atoms in total. The Morgan fingerprint density at radius 1 is 1.07 bits per heavy atom. The minimum absolute atomic E-state index is 0.188. The van der Waals surface area contributed by atoms with E-state index in [1.807, 2.05) is 61.0 Å². The molecule has 0 aliphatic carbocycles. The first kappa shape index (κ1) is 26.7. The number of nitrogens with one attached hydrogen (secondary N) is 2. The second-order valence-electron chi connectivity index (χ2n) is 8.99. The van der Waals surface area contributed by atoms with Gasteiger partial charge in [-0.05, 0) is 52.0 Å². The fourth-order valence-corrected chi connectivity index (χ4v) is 4.52. The van der Waals surface area contributed by atoms with Crippen LogP contribution in [0.15, 0.2) is 53.1 Å². The zero-order valence-corrected chi connectivity index (χ0v) is 23.1. The van der Waals surface area contributed by atoms with Crippen molar-refractivity contribution in [2.45, 2.75) is 40.8 Å². The van der Waals surface area contributed by atoms with E-state index in [0.717, 1.165) is 29.0 Å². The second-order valence-corrected chi connectivity index (χ2v) is 8.99. The molecule has 3 heterocycles. The zero-order valence-electron chi connectivity index (χ0n) is 23.1. The summed E-state index contributed by atoms with van der Waals surface area (Å²) < 4.78 is 19.0. The van der Waals surface area contributed by atoms with Crippen LogP contribution in [0.3, 0.4) is 0 Å². The molecule has 0 bridgehead atoms. The normalized spacial score (nSPS) is 11.0. The molecule has 0 aliphatic heterocycles. The molecule has 3 aromatic heterocycles. The number of ether oxygens (including phenoxy) is 2. The smallest absolute Gasteiger partial charge is 0.343 e. The van der Waals surface area contributed by atoms with Crippen LogP contribution < -0.4 is 15.4 Å². The van der Waals surface area contributed by atoms with Crippen molar-refractivity contribution in [1.29, 1.82) is 0 Å². The molecule has 5 rings (SSSR count). The van der Waals surface area contributed by atoms with E-state index in [9.17, 15) is 4.79 Å². The Morgan fingerprint density at radius 3 is 2.62 bits per heavy atom. The van der Waals surface area contributed by atoms with Crippen molar-refractivity contribution in [2.75, 3.05) is 24.4 Å². The van der Waals surface area contributed by atoms with Crippen LogP contribution in [0.1, 0.15) is 41.2 Å². The fourth-order valence-electron chi connectivity index (χ4n) is 4.52. The third-order valence-corrected chi connectivity index (χ3v) is 6.53. The van der Waals surface area contributed by atoms with Gasteiger partial charge in [0, 0.05) is 30.5 Å². The van der Waals surface area contributed by atoms with Gasteiger partial charge >= 0.3 is 5.97 Å². The number of hydrogen-bond acceptors (Lipinski definition) is 10. The van der Waals surface area contributed by atoms with E-state index in [4.69, 9.17) is 13.9 Å².